The predicted molar refractivity (Wildman–Crippen MR) is 118 cm³/mol. The van der Waals surface area contributed by atoms with Crippen molar-refractivity contribution >= 4 is 40.0 Å². The van der Waals surface area contributed by atoms with E-state index in [0.29, 0.717) is 24.9 Å². The Balaban J connectivity index is 0.00000261. The average Bonchev–Trinajstić information content (AvgIpc) is 3.24. The number of aliphatic imine (C=N–C) groups is 1. The number of likely N-dealkylation sites (tertiary alicyclic amines) is 1. The van der Waals surface area contributed by atoms with Gasteiger partial charge in [-0.25, -0.2) is 12.7 Å². The Morgan fingerprint density at radius 3 is 2.56 bits per heavy atom. The molecular weight excluding hydrogens is 479 g/mol. The summed E-state index contributed by atoms with van der Waals surface area (Å²) in [5.74, 6) is 1.93. The van der Waals surface area contributed by atoms with Crippen LogP contribution in [0.15, 0.2) is 17.4 Å². The first-order valence-electron chi connectivity index (χ1n) is 9.26. The van der Waals surface area contributed by atoms with Crippen LogP contribution in [0.1, 0.15) is 30.7 Å². The lowest BCUT2D eigenvalue weighted by atomic mass is 9.98. The van der Waals surface area contributed by atoms with Crippen LogP contribution in [0.3, 0.4) is 0 Å². The van der Waals surface area contributed by atoms with Gasteiger partial charge in [0.05, 0.1) is 12.5 Å². The Kier molecular flexibility index (Phi) is 7.93. The first-order chi connectivity index (χ1) is 12.4. The van der Waals surface area contributed by atoms with E-state index < -0.39 is 10.0 Å². The standard InChI is InChI=1S/C17H30N6O2S.HI/c1-18-17(19-10-14-4-8-23(9-5-14)26(3,24)25)22-7-6-15(13-22)16-11-20-21(2)12-16;/h11-12,14-15H,4-10,13H2,1-3H3,(H,18,19);1H. The van der Waals surface area contributed by atoms with Gasteiger partial charge in [0.25, 0.3) is 0 Å². The molecule has 0 amide bonds. The molecule has 154 valence electrons. The van der Waals surface area contributed by atoms with Crippen LogP contribution in [0.5, 0.6) is 0 Å². The third-order valence-electron chi connectivity index (χ3n) is 5.49. The summed E-state index contributed by atoms with van der Waals surface area (Å²) in [6, 6.07) is 0. The van der Waals surface area contributed by atoms with Crippen molar-refractivity contribution in [1.82, 2.24) is 24.3 Å². The second kappa shape index (κ2) is 9.55. The van der Waals surface area contributed by atoms with E-state index >= 15 is 0 Å². The molecule has 0 bridgehead atoms. The molecule has 1 aromatic heterocycles. The third-order valence-corrected chi connectivity index (χ3v) is 6.79. The van der Waals surface area contributed by atoms with E-state index in [4.69, 9.17) is 0 Å². The third kappa shape index (κ3) is 5.80. The number of hydrogen-bond acceptors (Lipinski definition) is 4. The van der Waals surface area contributed by atoms with Crippen molar-refractivity contribution in [2.75, 3.05) is 46.0 Å². The van der Waals surface area contributed by atoms with Gasteiger partial charge in [0, 0.05) is 58.9 Å². The molecule has 0 aliphatic carbocycles. The lowest BCUT2D eigenvalue weighted by molar-refractivity contribution is 0.273. The molecule has 0 aromatic carbocycles. The highest BCUT2D eigenvalue weighted by atomic mass is 127. The molecule has 10 heteroatoms. The van der Waals surface area contributed by atoms with E-state index in [0.717, 1.165) is 44.9 Å². The van der Waals surface area contributed by atoms with Gasteiger partial charge < -0.3 is 10.2 Å². The number of halogens is 1. The quantitative estimate of drug-likeness (QED) is 0.373. The van der Waals surface area contributed by atoms with Crippen LogP contribution < -0.4 is 5.32 Å². The molecule has 2 fully saturated rings. The van der Waals surface area contributed by atoms with Gasteiger partial charge in [0.2, 0.25) is 10.0 Å². The number of sulfonamides is 1. The van der Waals surface area contributed by atoms with E-state index in [1.807, 2.05) is 25.0 Å². The zero-order valence-corrected chi connectivity index (χ0v) is 19.5. The molecule has 2 aliphatic rings. The molecule has 0 saturated carbocycles. The van der Waals surface area contributed by atoms with Crippen molar-refractivity contribution in [3.8, 4) is 0 Å². The first kappa shape index (κ1) is 22.4. The molecule has 1 atom stereocenters. The van der Waals surface area contributed by atoms with Gasteiger partial charge >= 0.3 is 0 Å². The molecule has 8 nitrogen and oxygen atoms in total. The second-order valence-corrected chi connectivity index (χ2v) is 9.39. The maximum Gasteiger partial charge on any atom is 0.211 e. The summed E-state index contributed by atoms with van der Waals surface area (Å²) in [5.41, 5.74) is 1.29. The van der Waals surface area contributed by atoms with Gasteiger partial charge in [0.1, 0.15) is 0 Å². The Morgan fingerprint density at radius 1 is 1.30 bits per heavy atom. The number of hydrogen-bond donors (Lipinski definition) is 1. The van der Waals surface area contributed by atoms with E-state index in [-0.39, 0.29) is 24.0 Å². The maximum absolute atomic E-state index is 11.6. The highest BCUT2D eigenvalue weighted by Crippen LogP contribution is 2.26. The van der Waals surface area contributed by atoms with Crippen molar-refractivity contribution < 1.29 is 8.42 Å². The second-order valence-electron chi connectivity index (χ2n) is 7.41. The van der Waals surface area contributed by atoms with Crippen molar-refractivity contribution in [1.29, 1.82) is 0 Å². The number of piperidine rings is 1. The molecule has 3 heterocycles. The van der Waals surface area contributed by atoms with Crippen LogP contribution in [0, 0.1) is 5.92 Å². The molecule has 0 radical (unpaired) electrons. The lowest BCUT2D eigenvalue weighted by Crippen LogP contribution is -2.45. The summed E-state index contributed by atoms with van der Waals surface area (Å²) in [6.45, 7) is 4.04. The van der Waals surface area contributed by atoms with Crippen molar-refractivity contribution in [2.45, 2.75) is 25.2 Å². The Labute approximate surface area is 179 Å². The van der Waals surface area contributed by atoms with E-state index in [2.05, 4.69) is 26.5 Å². The number of aryl methyl sites for hydroxylation is 1. The van der Waals surface area contributed by atoms with Crippen LogP contribution in [0.2, 0.25) is 0 Å². The smallest absolute Gasteiger partial charge is 0.211 e. The topological polar surface area (TPSA) is 82.8 Å². The Morgan fingerprint density at radius 2 is 2.00 bits per heavy atom. The molecule has 1 aromatic rings. The van der Waals surface area contributed by atoms with Gasteiger partial charge in [-0.3, -0.25) is 9.67 Å². The van der Waals surface area contributed by atoms with Crippen LogP contribution in [-0.2, 0) is 17.1 Å². The van der Waals surface area contributed by atoms with Crippen molar-refractivity contribution in [3.05, 3.63) is 18.0 Å². The molecule has 0 spiro atoms. The van der Waals surface area contributed by atoms with Gasteiger partial charge in [0.15, 0.2) is 5.96 Å². The SMILES string of the molecule is CN=C(NCC1CCN(S(C)(=O)=O)CC1)N1CCC(c2cnn(C)c2)C1.I. The summed E-state index contributed by atoms with van der Waals surface area (Å²) >= 11 is 0. The fourth-order valence-electron chi connectivity index (χ4n) is 3.89. The first-order valence-corrected chi connectivity index (χ1v) is 11.1. The number of guanidine groups is 1. The van der Waals surface area contributed by atoms with Gasteiger partial charge in [-0.1, -0.05) is 0 Å². The molecule has 1 unspecified atom stereocenters. The average molecular weight is 510 g/mol. The van der Waals surface area contributed by atoms with Gasteiger partial charge in [-0.15, -0.1) is 24.0 Å². The molecule has 27 heavy (non-hydrogen) atoms. The minimum absolute atomic E-state index is 0. The monoisotopic (exact) mass is 510 g/mol. The van der Waals surface area contributed by atoms with Crippen LogP contribution >= 0.6 is 24.0 Å². The molecule has 2 saturated heterocycles. The number of rotatable bonds is 4. The minimum Gasteiger partial charge on any atom is -0.356 e. The summed E-state index contributed by atoms with van der Waals surface area (Å²) in [4.78, 5) is 6.76. The highest BCUT2D eigenvalue weighted by Gasteiger charge is 2.28. The highest BCUT2D eigenvalue weighted by molar-refractivity contribution is 14.0. The van der Waals surface area contributed by atoms with E-state index in [9.17, 15) is 8.42 Å². The van der Waals surface area contributed by atoms with E-state index in [1.54, 1.807) is 4.31 Å². The zero-order valence-electron chi connectivity index (χ0n) is 16.3. The fourth-order valence-corrected chi connectivity index (χ4v) is 4.76. The Bertz CT molecular complexity index is 742. The van der Waals surface area contributed by atoms with Gasteiger partial charge in [-0.05, 0) is 30.7 Å². The van der Waals surface area contributed by atoms with Crippen molar-refractivity contribution in [2.24, 2.45) is 18.0 Å². The maximum atomic E-state index is 11.6. The predicted octanol–water partition coefficient (Wildman–Crippen LogP) is 1.07. The van der Waals surface area contributed by atoms with Crippen LogP contribution in [0.4, 0.5) is 0 Å². The summed E-state index contributed by atoms with van der Waals surface area (Å²) in [7, 11) is 0.721. The normalized spacial score (nSPS) is 22.7. The molecule has 1 N–H and O–H groups in total. The van der Waals surface area contributed by atoms with Gasteiger partial charge in [-0.2, -0.15) is 5.10 Å². The minimum atomic E-state index is -3.05. The number of aromatic nitrogens is 2. The fraction of sp³-hybridized carbons (Fsp3) is 0.765. The zero-order chi connectivity index (χ0) is 18.7. The number of nitrogens with one attached hydrogen (secondary N) is 1. The number of nitrogens with zero attached hydrogens (tertiary/aromatic N) is 5. The van der Waals surface area contributed by atoms with Crippen LogP contribution in [0.25, 0.3) is 0 Å². The Hall–Kier alpha value is -0.880. The largest absolute Gasteiger partial charge is 0.356 e. The molecule has 3 rings (SSSR count). The van der Waals surface area contributed by atoms with E-state index in [1.165, 1.54) is 11.8 Å². The van der Waals surface area contributed by atoms with Crippen LogP contribution in [-0.4, -0.2) is 79.4 Å². The molecule has 2 aliphatic heterocycles. The van der Waals surface area contributed by atoms with Crippen molar-refractivity contribution in [3.63, 3.8) is 0 Å². The summed E-state index contributed by atoms with van der Waals surface area (Å²) in [5, 5.41) is 7.78. The molecular formula is C17H31IN6O2S. The summed E-state index contributed by atoms with van der Waals surface area (Å²) in [6.07, 6.45) is 8.25. The lowest BCUT2D eigenvalue weighted by Gasteiger charge is -2.31. The summed E-state index contributed by atoms with van der Waals surface area (Å²) < 4.78 is 26.7.